The molecule has 0 saturated heterocycles. The number of nitrogen functional groups attached to an aromatic ring is 2. The Morgan fingerprint density at radius 1 is 0.708 bits per heavy atom. The van der Waals surface area contributed by atoms with Crippen molar-refractivity contribution in [3.8, 4) is 0 Å². The van der Waals surface area contributed by atoms with E-state index in [1.807, 2.05) is 48.5 Å². The Hall–Kier alpha value is -3.01. The van der Waals surface area contributed by atoms with E-state index in [-0.39, 0.29) is 5.82 Å². The van der Waals surface area contributed by atoms with Crippen molar-refractivity contribution in [2.24, 2.45) is 0 Å². The van der Waals surface area contributed by atoms with E-state index in [9.17, 15) is 4.39 Å². The van der Waals surface area contributed by atoms with Gasteiger partial charge in [0.2, 0.25) is 0 Å². The summed E-state index contributed by atoms with van der Waals surface area (Å²) < 4.78 is 13.3. The molecule has 0 bridgehead atoms. The minimum Gasteiger partial charge on any atom is -0.399 e. The zero-order valence-electron chi connectivity index (χ0n) is 13.3. The smallest absolute Gasteiger partial charge is 0.123 e. The van der Waals surface area contributed by atoms with Crippen LogP contribution in [0.4, 0.5) is 21.5 Å². The topological polar surface area (TPSA) is 55.3 Å². The Balaban J connectivity index is 1.89. The maximum atomic E-state index is 13.3. The quantitative estimate of drug-likeness (QED) is 0.693. The highest BCUT2D eigenvalue weighted by Crippen LogP contribution is 2.22. The van der Waals surface area contributed by atoms with Crippen LogP contribution in [0.2, 0.25) is 0 Å². The maximum Gasteiger partial charge on any atom is 0.123 e. The maximum absolute atomic E-state index is 13.3. The third-order valence-corrected chi connectivity index (χ3v) is 3.84. The second-order valence-electron chi connectivity index (χ2n) is 5.82. The van der Waals surface area contributed by atoms with E-state index in [2.05, 4.69) is 4.90 Å². The fourth-order valence-corrected chi connectivity index (χ4v) is 2.71. The lowest BCUT2D eigenvalue weighted by molar-refractivity contribution is 0.627. The molecular weight excluding hydrogens is 301 g/mol. The molecule has 0 spiro atoms. The lowest BCUT2D eigenvalue weighted by Gasteiger charge is -2.25. The molecule has 3 nitrogen and oxygen atoms in total. The van der Waals surface area contributed by atoms with Crippen LogP contribution in [0.3, 0.4) is 0 Å². The number of hydrogen-bond donors (Lipinski definition) is 2. The van der Waals surface area contributed by atoms with E-state index in [4.69, 9.17) is 11.5 Å². The molecular formula is C20H20FN3. The highest BCUT2D eigenvalue weighted by atomic mass is 19.1. The first kappa shape index (κ1) is 15.9. The SMILES string of the molecule is Nc1cccc(CN(Cc2cccc(N)c2)c2ccc(F)cc2)c1. The van der Waals surface area contributed by atoms with Crippen LogP contribution in [-0.4, -0.2) is 0 Å². The number of hydrogen-bond acceptors (Lipinski definition) is 3. The van der Waals surface area contributed by atoms with Crippen molar-refractivity contribution in [1.29, 1.82) is 0 Å². The molecule has 0 atom stereocenters. The van der Waals surface area contributed by atoms with E-state index < -0.39 is 0 Å². The summed E-state index contributed by atoms with van der Waals surface area (Å²) in [4.78, 5) is 2.17. The summed E-state index contributed by atoms with van der Waals surface area (Å²) in [6.45, 7) is 1.34. The molecule has 0 aliphatic carbocycles. The van der Waals surface area contributed by atoms with E-state index in [0.29, 0.717) is 13.1 Å². The molecule has 3 rings (SSSR count). The predicted molar refractivity (Wildman–Crippen MR) is 98.0 cm³/mol. The van der Waals surface area contributed by atoms with Gasteiger partial charge >= 0.3 is 0 Å². The third kappa shape index (κ3) is 4.04. The zero-order chi connectivity index (χ0) is 16.9. The fourth-order valence-electron chi connectivity index (χ4n) is 2.71. The predicted octanol–water partition coefficient (Wildman–Crippen LogP) is 4.20. The number of nitrogens with two attached hydrogens (primary N) is 2. The van der Waals surface area contributed by atoms with Gasteiger partial charge in [-0.2, -0.15) is 0 Å². The first-order valence-corrected chi connectivity index (χ1v) is 7.79. The fraction of sp³-hybridized carbons (Fsp3) is 0.100. The van der Waals surface area contributed by atoms with Gasteiger partial charge in [-0.3, -0.25) is 0 Å². The van der Waals surface area contributed by atoms with Gasteiger partial charge in [-0.05, 0) is 59.7 Å². The van der Waals surface area contributed by atoms with Crippen LogP contribution in [0.25, 0.3) is 0 Å². The summed E-state index contributed by atoms with van der Waals surface area (Å²) in [6.07, 6.45) is 0. The van der Waals surface area contributed by atoms with Gasteiger partial charge in [0.1, 0.15) is 5.82 Å². The Bertz CT molecular complexity index is 768. The molecule has 0 heterocycles. The molecule has 24 heavy (non-hydrogen) atoms. The van der Waals surface area contributed by atoms with E-state index in [1.165, 1.54) is 12.1 Å². The summed E-state index contributed by atoms with van der Waals surface area (Å²) in [5.41, 5.74) is 16.4. The molecule has 0 saturated carbocycles. The first-order valence-electron chi connectivity index (χ1n) is 7.79. The van der Waals surface area contributed by atoms with Crippen LogP contribution in [0.5, 0.6) is 0 Å². The Labute approximate surface area is 141 Å². The van der Waals surface area contributed by atoms with Gasteiger partial charge < -0.3 is 16.4 Å². The van der Waals surface area contributed by atoms with Gasteiger partial charge in [0.15, 0.2) is 0 Å². The van der Waals surface area contributed by atoms with Crippen molar-refractivity contribution in [2.45, 2.75) is 13.1 Å². The summed E-state index contributed by atoms with van der Waals surface area (Å²) in [7, 11) is 0. The van der Waals surface area contributed by atoms with Crippen LogP contribution >= 0.6 is 0 Å². The Morgan fingerprint density at radius 2 is 1.21 bits per heavy atom. The van der Waals surface area contributed by atoms with Crippen LogP contribution < -0.4 is 16.4 Å². The monoisotopic (exact) mass is 321 g/mol. The lowest BCUT2D eigenvalue weighted by atomic mass is 10.1. The normalized spacial score (nSPS) is 10.5. The van der Waals surface area contributed by atoms with Crippen LogP contribution in [0, 0.1) is 5.82 Å². The van der Waals surface area contributed by atoms with Crippen LogP contribution in [0.1, 0.15) is 11.1 Å². The van der Waals surface area contributed by atoms with Crippen molar-refractivity contribution < 1.29 is 4.39 Å². The molecule has 122 valence electrons. The molecule has 0 aromatic heterocycles. The standard InChI is InChI=1S/C20H20FN3/c21-17-7-9-20(10-8-17)24(13-15-3-1-5-18(22)11-15)14-16-4-2-6-19(23)12-16/h1-12H,13-14,22-23H2. The van der Waals surface area contributed by atoms with Crippen molar-refractivity contribution >= 4 is 17.1 Å². The van der Waals surface area contributed by atoms with Crippen LogP contribution in [-0.2, 0) is 13.1 Å². The number of halogens is 1. The van der Waals surface area contributed by atoms with Gasteiger partial charge in [0.05, 0.1) is 0 Å². The molecule has 0 amide bonds. The summed E-state index contributed by atoms with van der Waals surface area (Å²) in [5.74, 6) is -0.244. The van der Waals surface area contributed by atoms with Crippen molar-refractivity contribution in [1.82, 2.24) is 0 Å². The number of rotatable bonds is 5. The van der Waals surface area contributed by atoms with Crippen molar-refractivity contribution in [2.75, 3.05) is 16.4 Å². The summed E-state index contributed by atoms with van der Waals surface area (Å²) in [5, 5.41) is 0. The van der Waals surface area contributed by atoms with E-state index >= 15 is 0 Å². The van der Waals surface area contributed by atoms with Crippen molar-refractivity contribution in [3.63, 3.8) is 0 Å². The average molecular weight is 321 g/mol. The molecule has 0 aliphatic heterocycles. The van der Waals surface area contributed by atoms with Gasteiger partial charge in [0, 0.05) is 30.2 Å². The average Bonchev–Trinajstić information content (AvgIpc) is 2.55. The van der Waals surface area contributed by atoms with E-state index in [0.717, 1.165) is 28.2 Å². The molecule has 4 N–H and O–H groups in total. The van der Waals surface area contributed by atoms with Gasteiger partial charge in [-0.1, -0.05) is 24.3 Å². The summed E-state index contributed by atoms with van der Waals surface area (Å²) in [6, 6.07) is 22.1. The third-order valence-electron chi connectivity index (χ3n) is 3.84. The molecule has 0 unspecified atom stereocenters. The molecule has 4 heteroatoms. The van der Waals surface area contributed by atoms with Crippen molar-refractivity contribution in [3.05, 3.63) is 89.7 Å². The Morgan fingerprint density at radius 3 is 1.67 bits per heavy atom. The minimum absolute atomic E-state index is 0.244. The summed E-state index contributed by atoms with van der Waals surface area (Å²) >= 11 is 0. The zero-order valence-corrected chi connectivity index (χ0v) is 13.3. The minimum atomic E-state index is -0.244. The molecule has 0 aliphatic rings. The Kier molecular flexibility index (Phi) is 4.66. The lowest BCUT2D eigenvalue weighted by Crippen LogP contribution is -2.22. The largest absolute Gasteiger partial charge is 0.399 e. The number of anilines is 3. The molecule has 3 aromatic carbocycles. The first-order chi connectivity index (χ1) is 11.6. The van der Waals surface area contributed by atoms with E-state index in [1.54, 1.807) is 12.1 Å². The highest BCUT2D eigenvalue weighted by Gasteiger charge is 2.09. The van der Waals surface area contributed by atoms with Crippen LogP contribution in [0.15, 0.2) is 72.8 Å². The number of benzene rings is 3. The van der Waals surface area contributed by atoms with Gasteiger partial charge in [-0.15, -0.1) is 0 Å². The molecule has 0 fully saturated rings. The van der Waals surface area contributed by atoms with Gasteiger partial charge in [-0.25, -0.2) is 4.39 Å². The second kappa shape index (κ2) is 7.04. The second-order valence-corrected chi connectivity index (χ2v) is 5.82. The van der Waals surface area contributed by atoms with Gasteiger partial charge in [0.25, 0.3) is 0 Å². The highest BCUT2D eigenvalue weighted by molar-refractivity contribution is 5.50. The molecule has 0 radical (unpaired) electrons. The molecule has 3 aromatic rings. The number of nitrogens with zero attached hydrogens (tertiary/aromatic N) is 1.